The molecule has 2 atom stereocenters. The molecule has 2 saturated heterocycles. The number of carbonyl (C=O) groups is 3. The van der Waals surface area contributed by atoms with Crippen molar-refractivity contribution in [1.82, 2.24) is 29.8 Å². The Morgan fingerprint density at radius 1 is 1.00 bits per heavy atom. The van der Waals surface area contributed by atoms with Crippen molar-refractivity contribution in [2.24, 2.45) is 4.99 Å². The zero-order valence-electron chi connectivity index (χ0n) is 19.9. The molecule has 1 aromatic carbocycles. The number of benzene rings is 1. The number of urea groups is 1. The maximum atomic E-state index is 12.6. The summed E-state index contributed by atoms with van der Waals surface area (Å²) < 4.78 is 0. The van der Waals surface area contributed by atoms with E-state index in [-0.39, 0.29) is 11.7 Å². The lowest BCUT2D eigenvalue weighted by molar-refractivity contribution is -0.126. The lowest BCUT2D eigenvalue weighted by Crippen LogP contribution is -2.63. The van der Waals surface area contributed by atoms with Crippen LogP contribution in [-0.2, 0) is 4.79 Å². The van der Waals surface area contributed by atoms with Crippen molar-refractivity contribution in [2.45, 2.75) is 26.1 Å². The largest absolute Gasteiger partial charge is 0.325 e. The van der Waals surface area contributed by atoms with Crippen molar-refractivity contribution in [3.63, 3.8) is 0 Å². The van der Waals surface area contributed by atoms with Gasteiger partial charge in [0.15, 0.2) is 18.0 Å². The summed E-state index contributed by atoms with van der Waals surface area (Å²) in [6.45, 7) is 9.63. The van der Waals surface area contributed by atoms with Gasteiger partial charge in [-0.05, 0) is 13.8 Å². The summed E-state index contributed by atoms with van der Waals surface area (Å²) in [4.78, 5) is 52.2. The van der Waals surface area contributed by atoms with Crippen LogP contribution >= 0.6 is 0 Å². The van der Waals surface area contributed by atoms with Crippen LogP contribution in [0, 0.1) is 0 Å². The maximum absolute atomic E-state index is 12.6. The van der Waals surface area contributed by atoms with Crippen molar-refractivity contribution in [3.8, 4) is 0 Å². The fraction of sp³-hybridized carbons (Fsp3) is 0.500. The Morgan fingerprint density at radius 2 is 1.68 bits per heavy atom. The minimum absolute atomic E-state index is 0.163. The Labute approximate surface area is 199 Å². The van der Waals surface area contributed by atoms with Gasteiger partial charge in [0.1, 0.15) is 0 Å². The van der Waals surface area contributed by atoms with Crippen molar-refractivity contribution in [2.75, 3.05) is 52.9 Å². The van der Waals surface area contributed by atoms with Gasteiger partial charge in [0.25, 0.3) is 5.91 Å². The summed E-state index contributed by atoms with van der Waals surface area (Å²) in [5, 5.41) is 2.43. The number of hydrogen-bond acceptors (Lipinski definition) is 8. The van der Waals surface area contributed by atoms with E-state index >= 15 is 0 Å². The second kappa shape index (κ2) is 8.84. The number of ketones is 1. The molecule has 0 saturated carbocycles. The molecule has 4 heterocycles. The number of piperazine rings is 1. The van der Waals surface area contributed by atoms with Gasteiger partial charge >= 0.3 is 6.03 Å². The zero-order valence-corrected chi connectivity index (χ0v) is 19.9. The van der Waals surface area contributed by atoms with Crippen LogP contribution in [0.1, 0.15) is 24.2 Å². The summed E-state index contributed by atoms with van der Waals surface area (Å²) in [6, 6.07) is 8.52. The van der Waals surface area contributed by atoms with Crippen LogP contribution in [0.4, 0.5) is 4.79 Å². The van der Waals surface area contributed by atoms with E-state index in [0.717, 1.165) is 62.2 Å². The topological polar surface area (TPSA) is 91.8 Å². The number of Topliss-reactive ketones (excluding diaryl/α,β-unsaturated/α-hetero) is 1. The number of nitrogens with zero attached hydrogens (tertiary/aromatic N) is 6. The third-order valence-corrected chi connectivity index (χ3v) is 7.34. The highest BCUT2D eigenvalue weighted by Crippen LogP contribution is 2.35. The average molecular weight is 466 g/mol. The van der Waals surface area contributed by atoms with Crippen LogP contribution in [0.25, 0.3) is 0 Å². The summed E-state index contributed by atoms with van der Waals surface area (Å²) in [5.41, 5.74) is 2.84. The smallest absolute Gasteiger partial charge is 0.313 e. The van der Waals surface area contributed by atoms with E-state index in [1.165, 1.54) is 4.90 Å². The molecule has 3 amide bonds. The predicted octanol–water partition coefficient (Wildman–Crippen LogP) is 0.602. The van der Waals surface area contributed by atoms with Gasteiger partial charge in [-0.2, -0.15) is 0 Å². The van der Waals surface area contributed by atoms with Gasteiger partial charge in [-0.3, -0.25) is 29.6 Å². The Balaban J connectivity index is 1.17. The molecular formula is C24H31N7O3. The second-order valence-electron chi connectivity index (χ2n) is 9.29. The molecule has 0 radical (unpaired) electrons. The highest BCUT2D eigenvalue weighted by atomic mass is 16.2. The first-order valence-electron chi connectivity index (χ1n) is 11.8. The van der Waals surface area contributed by atoms with Crippen LogP contribution in [0.5, 0.6) is 0 Å². The number of guanidine groups is 1. The molecule has 4 aliphatic heterocycles. The van der Waals surface area contributed by atoms with E-state index < -0.39 is 18.2 Å². The molecule has 0 bridgehead atoms. The zero-order chi connectivity index (χ0) is 24.0. The molecule has 34 heavy (non-hydrogen) atoms. The van der Waals surface area contributed by atoms with Crippen LogP contribution in [0.2, 0.25) is 0 Å². The minimum atomic E-state index is -0.525. The van der Waals surface area contributed by atoms with E-state index in [1.807, 2.05) is 49.1 Å². The third-order valence-electron chi connectivity index (χ3n) is 7.34. The lowest BCUT2D eigenvalue weighted by atomic mass is 10.1. The summed E-state index contributed by atoms with van der Waals surface area (Å²) in [6.07, 6.45) is -0.507. The molecule has 1 aromatic rings. The van der Waals surface area contributed by atoms with Gasteiger partial charge < -0.3 is 9.80 Å². The van der Waals surface area contributed by atoms with Crippen LogP contribution in [-0.4, -0.2) is 113 Å². The molecule has 5 rings (SSSR count). The first kappa shape index (κ1) is 22.5. The van der Waals surface area contributed by atoms with Crippen LogP contribution < -0.4 is 5.32 Å². The first-order chi connectivity index (χ1) is 16.3. The number of aliphatic imine (C=N–C) groups is 1. The third kappa shape index (κ3) is 3.86. The molecule has 0 spiro atoms. The van der Waals surface area contributed by atoms with Gasteiger partial charge in [-0.1, -0.05) is 30.3 Å². The fourth-order valence-electron chi connectivity index (χ4n) is 5.12. The molecule has 2 fully saturated rings. The van der Waals surface area contributed by atoms with Crippen molar-refractivity contribution < 1.29 is 14.4 Å². The fourth-order valence-corrected chi connectivity index (χ4v) is 5.12. The lowest BCUT2D eigenvalue weighted by Gasteiger charge is -2.35. The molecule has 0 aliphatic carbocycles. The molecule has 1 N–H and O–H groups in total. The van der Waals surface area contributed by atoms with Crippen molar-refractivity contribution >= 4 is 23.7 Å². The highest BCUT2D eigenvalue weighted by molar-refractivity contribution is 6.05. The Bertz CT molecular complexity index is 1060. The van der Waals surface area contributed by atoms with Crippen LogP contribution in [0.15, 0.2) is 46.7 Å². The average Bonchev–Trinajstić information content (AvgIpc) is 3.34. The van der Waals surface area contributed by atoms with E-state index in [1.54, 1.807) is 7.05 Å². The summed E-state index contributed by atoms with van der Waals surface area (Å²) >= 11 is 0. The number of fused-ring (bicyclic) bond motifs is 3. The molecule has 4 aliphatic rings. The van der Waals surface area contributed by atoms with Gasteiger partial charge in [0.05, 0.1) is 6.54 Å². The number of nitrogens with one attached hydrogen (secondary N) is 1. The van der Waals surface area contributed by atoms with Crippen LogP contribution in [0.3, 0.4) is 0 Å². The van der Waals surface area contributed by atoms with E-state index in [9.17, 15) is 14.4 Å². The molecule has 0 aromatic heterocycles. The van der Waals surface area contributed by atoms with E-state index in [2.05, 4.69) is 20.0 Å². The molecular weight excluding hydrogens is 434 g/mol. The maximum Gasteiger partial charge on any atom is 0.325 e. The summed E-state index contributed by atoms with van der Waals surface area (Å²) in [5.74, 6) is 0.603. The van der Waals surface area contributed by atoms with Gasteiger partial charge in [-0.25, -0.2) is 9.79 Å². The number of imide groups is 1. The quantitative estimate of drug-likeness (QED) is 0.616. The first-order valence-corrected chi connectivity index (χ1v) is 11.8. The van der Waals surface area contributed by atoms with Crippen molar-refractivity contribution in [3.05, 3.63) is 47.3 Å². The van der Waals surface area contributed by atoms with E-state index in [0.29, 0.717) is 6.54 Å². The molecule has 2 unspecified atom stereocenters. The SMILES string of the molecule is CC1=C(C)N2C(=NC3C2C(=O)NC(=O)N3C)N1CCN1CCN(CC(=O)c2ccccc2)CC1. The van der Waals surface area contributed by atoms with Gasteiger partial charge in [0.2, 0.25) is 5.96 Å². The van der Waals surface area contributed by atoms with Crippen molar-refractivity contribution in [1.29, 1.82) is 0 Å². The molecule has 10 nitrogen and oxygen atoms in total. The molecule has 10 heteroatoms. The van der Waals surface area contributed by atoms with Gasteiger partial charge in [-0.15, -0.1) is 0 Å². The van der Waals surface area contributed by atoms with E-state index in [4.69, 9.17) is 4.99 Å². The number of hydrogen-bond donors (Lipinski definition) is 1. The summed E-state index contributed by atoms with van der Waals surface area (Å²) in [7, 11) is 1.67. The Morgan fingerprint density at radius 3 is 2.38 bits per heavy atom. The number of amides is 3. The minimum Gasteiger partial charge on any atom is -0.313 e. The highest BCUT2D eigenvalue weighted by Gasteiger charge is 2.53. The number of allylic oxidation sites excluding steroid dienone is 2. The normalized spacial score (nSPS) is 25.5. The monoisotopic (exact) mass is 465 g/mol. The number of rotatable bonds is 6. The molecule has 180 valence electrons. The Hall–Kier alpha value is -3.24. The number of carbonyl (C=O) groups excluding carboxylic acids is 3. The standard InChI is InChI=1S/C24H31N7O3/c1-16-17(2)31-20-21(27(3)24(34)26-22(20)33)25-23(31)30(16)14-13-28-9-11-29(12-10-28)15-19(32)18-7-5-4-6-8-18/h4-8,20-21H,9-15H2,1-3H3,(H,26,33,34). The second-order valence-corrected chi connectivity index (χ2v) is 9.29. The van der Waals surface area contributed by atoms with Gasteiger partial charge in [0, 0.05) is 63.3 Å². The predicted molar refractivity (Wildman–Crippen MR) is 127 cm³/mol. The Kier molecular flexibility index (Phi) is 5.86. The number of likely N-dealkylation sites (N-methyl/N-ethyl adjacent to an activating group) is 1.